The van der Waals surface area contributed by atoms with Gasteiger partial charge in [-0.25, -0.2) is 4.68 Å². The third kappa shape index (κ3) is 2.21. The lowest BCUT2D eigenvalue weighted by molar-refractivity contribution is 0.630. The molecular formula is C11H7BrCl2N6. The molecular weight excluding hydrogens is 367 g/mol. The Morgan fingerprint density at radius 3 is 2.75 bits per heavy atom. The van der Waals surface area contributed by atoms with E-state index in [1.165, 1.54) is 4.80 Å². The van der Waals surface area contributed by atoms with Crippen molar-refractivity contribution in [3.05, 3.63) is 39.0 Å². The van der Waals surface area contributed by atoms with Gasteiger partial charge in [0.2, 0.25) is 5.82 Å². The average molecular weight is 374 g/mol. The molecule has 0 fully saturated rings. The molecule has 0 aliphatic heterocycles. The van der Waals surface area contributed by atoms with Crippen molar-refractivity contribution in [1.29, 1.82) is 0 Å². The lowest BCUT2D eigenvalue weighted by Gasteiger charge is -2.07. The van der Waals surface area contributed by atoms with Gasteiger partial charge in [-0.1, -0.05) is 29.3 Å². The third-order valence-corrected chi connectivity index (χ3v) is 4.19. The van der Waals surface area contributed by atoms with E-state index in [9.17, 15) is 0 Å². The van der Waals surface area contributed by atoms with Crippen LogP contribution in [0.4, 0.5) is 0 Å². The fraction of sp³-hybridized carbons (Fsp3) is 0.0909. The number of hydrogen-bond donors (Lipinski definition) is 0. The van der Waals surface area contributed by atoms with Gasteiger partial charge in [0.1, 0.15) is 4.60 Å². The molecule has 0 atom stereocenters. The zero-order chi connectivity index (χ0) is 14.3. The van der Waals surface area contributed by atoms with Gasteiger partial charge < -0.3 is 0 Å². The number of hydrogen-bond acceptors (Lipinski definition) is 4. The van der Waals surface area contributed by atoms with Gasteiger partial charge in [0.05, 0.1) is 34.5 Å². The second-order valence-electron chi connectivity index (χ2n) is 3.94. The van der Waals surface area contributed by atoms with Crippen molar-refractivity contribution in [2.24, 2.45) is 7.05 Å². The van der Waals surface area contributed by atoms with E-state index in [2.05, 4.69) is 36.4 Å². The number of benzene rings is 1. The molecule has 20 heavy (non-hydrogen) atoms. The van der Waals surface area contributed by atoms with Crippen LogP contribution >= 0.6 is 39.1 Å². The van der Waals surface area contributed by atoms with Crippen LogP contribution in [0.25, 0.3) is 17.1 Å². The summed E-state index contributed by atoms with van der Waals surface area (Å²) >= 11 is 15.7. The first-order valence-corrected chi connectivity index (χ1v) is 7.05. The summed E-state index contributed by atoms with van der Waals surface area (Å²) in [6.45, 7) is 0. The Balaban J connectivity index is 2.13. The molecule has 0 N–H and O–H groups in total. The summed E-state index contributed by atoms with van der Waals surface area (Å²) < 4.78 is 2.30. The van der Waals surface area contributed by atoms with Crippen LogP contribution in [0.1, 0.15) is 0 Å². The first-order chi connectivity index (χ1) is 9.58. The maximum absolute atomic E-state index is 6.20. The van der Waals surface area contributed by atoms with Crippen LogP contribution in [0.3, 0.4) is 0 Å². The molecule has 102 valence electrons. The molecule has 0 amide bonds. The zero-order valence-corrected chi connectivity index (χ0v) is 13.2. The summed E-state index contributed by atoms with van der Waals surface area (Å²) in [5.41, 5.74) is 1.38. The van der Waals surface area contributed by atoms with E-state index >= 15 is 0 Å². The number of aromatic nitrogens is 6. The number of aryl methyl sites for hydroxylation is 1. The molecule has 0 spiro atoms. The molecule has 0 saturated carbocycles. The average Bonchev–Trinajstić information content (AvgIpc) is 2.99. The Bertz CT molecular complexity index is 781. The van der Waals surface area contributed by atoms with Crippen LogP contribution in [-0.2, 0) is 7.05 Å². The summed E-state index contributed by atoms with van der Waals surface area (Å²) in [7, 11) is 1.70. The highest BCUT2D eigenvalue weighted by Gasteiger charge is 2.17. The van der Waals surface area contributed by atoms with Gasteiger partial charge >= 0.3 is 0 Å². The number of tetrazole rings is 1. The summed E-state index contributed by atoms with van der Waals surface area (Å²) in [4.78, 5) is 1.38. The van der Waals surface area contributed by atoms with E-state index in [-0.39, 0.29) is 0 Å². The Morgan fingerprint density at radius 1 is 1.25 bits per heavy atom. The van der Waals surface area contributed by atoms with E-state index in [1.54, 1.807) is 30.1 Å². The molecule has 0 aliphatic carbocycles. The Labute approximate surface area is 132 Å². The largest absolute Gasteiger partial charge is 0.224 e. The zero-order valence-electron chi connectivity index (χ0n) is 10.1. The number of halogens is 3. The number of nitrogens with zero attached hydrogens (tertiary/aromatic N) is 6. The predicted molar refractivity (Wildman–Crippen MR) is 79.1 cm³/mol. The minimum absolute atomic E-state index is 0.427. The highest BCUT2D eigenvalue weighted by Crippen LogP contribution is 2.33. The minimum atomic E-state index is 0.427. The molecule has 2 heterocycles. The van der Waals surface area contributed by atoms with Crippen LogP contribution in [0.15, 0.2) is 29.0 Å². The standard InChI is InChI=1S/C11H7BrCl2N6/c1-19-17-11(16-18-19)6-5-15-20(10(6)12)8-4-2-3-7(13)9(8)14/h2-5H,1H3. The molecule has 0 saturated heterocycles. The van der Waals surface area contributed by atoms with Gasteiger partial charge in [-0.05, 0) is 33.3 Å². The highest BCUT2D eigenvalue weighted by molar-refractivity contribution is 9.10. The molecule has 0 radical (unpaired) electrons. The summed E-state index contributed by atoms with van der Waals surface area (Å²) in [5.74, 6) is 0.476. The van der Waals surface area contributed by atoms with Gasteiger partial charge in [-0.3, -0.25) is 0 Å². The molecule has 0 unspecified atom stereocenters. The van der Waals surface area contributed by atoms with Crippen molar-refractivity contribution in [3.8, 4) is 17.1 Å². The fourth-order valence-electron chi connectivity index (χ4n) is 1.70. The maximum Gasteiger partial charge on any atom is 0.209 e. The summed E-state index contributed by atoms with van der Waals surface area (Å²) in [5, 5.41) is 17.1. The minimum Gasteiger partial charge on any atom is -0.224 e. The van der Waals surface area contributed by atoms with E-state index in [0.29, 0.717) is 31.7 Å². The van der Waals surface area contributed by atoms with Crippen molar-refractivity contribution in [1.82, 2.24) is 30.0 Å². The van der Waals surface area contributed by atoms with Crippen molar-refractivity contribution in [2.75, 3.05) is 0 Å². The molecule has 0 bridgehead atoms. The SMILES string of the molecule is Cn1nnc(-c2cnn(-c3cccc(Cl)c3Cl)c2Br)n1. The second-order valence-corrected chi connectivity index (χ2v) is 5.47. The Hall–Kier alpha value is -1.44. The fourth-order valence-corrected chi connectivity index (χ4v) is 2.64. The number of rotatable bonds is 2. The van der Waals surface area contributed by atoms with Crippen molar-refractivity contribution in [2.45, 2.75) is 0 Å². The Morgan fingerprint density at radius 2 is 2.05 bits per heavy atom. The first-order valence-electron chi connectivity index (χ1n) is 5.50. The van der Waals surface area contributed by atoms with Crippen molar-refractivity contribution >= 4 is 39.1 Å². The second kappa shape index (κ2) is 5.16. The van der Waals surface area contributed by atoms with Crippen LogP contribution in [0.5, 0.6) is 0 Å². The molecule has 3 rings (SSSR count). The van der Waals surface area contributed by atoms with E-state index in [1.807, 2.05) is 6.07 Å². The molecule has 9 heteroatoms. The lowest BCUT2D eigenvalue weighted by atomic mass is 10.3. The quantitative estimate of drug-likeness (QED) is 0.692. The lowest BCUT2D eigenvalue weighted by Crippen LogP contribution is -1.98. The molecule has 0 aliphatic rings. The van der Waals surface area contributed by atoms with Crippen LogP contribution in [0.2, 0.25) is 10.0 Å². The first kappa shape index (κ1) is 13.5. The summed E-state index contributed by atoms with van der Waals surface area (Å²) in [6, 6.07) is 5.34. The highest BCUT2D eigenvalue weighted by atomic mass is 79.9. The normalized spacial score (nSPS) is 11.0. The van der Waals surface area contributed by atoms with Crippen molar-refractivity contribution in [3.63, 3.8) is 0 Å². The Kier molecular flexibility index (Phi) is 3.49. The monoisotopic (exact) mass is 372 g/mol. The van der Waals surface area contributed by atoms with Gasteiger partial charge in [0.25, 0.3) is 0 Å². The summed E-state index contributed by atoms with van der Waals surface area (Å²) in [6.07, 6.45) is 1.64. The molecule has 6 nitrogen and oxygen atoms in total. The van der Waals surface area contributed by atoms with E-state index in [0.717, 1.165) is 0 Å². The van der Waals surface area contributed by atoms with Gasteiger partial charge in [-0.15, -0.1) is 10.2 Å². The van der Waals surface area contributed by atoms with Crippen molar-refractivity contribution < 1.29 is 0 Å². The van der Waals surface area contributed by atoms with Gasteiger partial charge in [-0.2, -0.15) is 9.90 Å². The van der Waals surface area contributed by atoms with Crippen LogP contribution < -0.4 is 0 Å². The van der Waals surface area contributed by atoms with E-state index in [4.69, 9.17) is 23.2 Å². The van der Waals surface area contributed by atoms with Gasteiger partial charge in [0, 0.05) is 0 Å². The molecule has 1 aromatic carbocycles. The maximum atomic E-state index is 6.20. The third-order valence-electron chi connectivity index (χ3n) is 2.62. The predicted octanol–water partition coefficient (Wildman–Crippen LogP) is 3.13. The topological polar surface area (TPSA) is 61.4 Å². The van der Waals surface area contributed by atoms with Gasteiger partial charge in [0.15, 0.2) is 0 Å². The van der Waals surface area contributed by atoms with E-state index < -0.39 is 0 Å². The molecule has 2 aromatic heterocycles. The van der Waals surface area contributed by atoms with Crippen LogP contribution in [0, 0.1) is 0 Å². The smallest absolute Gasteiger partial charge is 0.209 e. The molecule has 3 aromatic rings. The van der Waals surface area contributed by atoms with Crippen LogP contribution in [-0.4, -0.2) is 30.0 Å².